The van der Waals surface area contributed by atoms with E-state index in [1.54, 1.807) is 47.2 Å². The summed E-state index contributed by atoms with van der Waals surface area (Å²) in [6.45, 7) is 4.00. The summed E-state index contributed by atoms with van der Waals surface area (Å²) in [6, 6.07) is 4.57. The van der Waals surface area contributed by atoms with Gasteiger partial charge in [0, 0.05) is 31.9 Å². The van der Waals surface area contributed by atoms with Crippen molar-refractivity contribution in [3.63, 3.8) is 0 Å². The van der Waals surface area contributed by atoms with E-state index in [9.17, 15) is 14.4 Å². The van der Waals surface area contributed by atoms with Crippen molar-refractivity contribution in [3.8, 4) is 5.69 Å². The number of nitrogens with one attached hydrogen (secondary N) is 2. The molecule has 0 bridgehead atoms. The van der Waals surface area contributed by atoms with E-state index in [0.29, 0.717) is 62.7 Å². The molecule has 3 heterocycles. The molecule has 2 aliphatic heterocycles. The van der Waals surface area contributed by atoms with Gasteiger partial charge >= 0.3 is 0 Å². The number of carbonyl (C=O) groups excluding carboxylic acids is 3. The molecule has 0 radical (unpaired) electrons. The number of ether oxygens (including phenoxy) is 1. The Morgan fingerprint density at radius 2 is 1.86 bits per heavy atom. The second-order valence-corrected chi connectivity index (χ2v) is 9.57. The van der Waals surface area contributed by atoms with Crippen molar-refractivity contribution in [2.24, 2.45) is 5.41 Å². The van der Waals surface area contributed by atoms with E-state index in [2.05, 4.69) is 20.8 Å². The largest absolute Gasteiger partial charge is 0.380 e. The molecule has 2 saturated heterocycles. The van der Waals surface area contributed by atoms with Gasteiger partial charge in [0.2, 0.25) is 11.8 Å². The van der Waals surface area contributed by atoms with E-state index in [0.717, 1.165) is 18.5 Å². The van der Waals surface area contributed by atoms with Crippen LogP contribution in [0.1, 0.15) is 49.4 Å². The number of rotatable bonds is 2. The van der Waals surface area contributed by atoms with Crippen LogP contribution in [-0.2, 0) is 14.3 Å². The molecule has 0 saturated carbocycles. The molecular formula is C24H31ClN6O4. The third-order valence-electron chi connectivity index (χ3n) is 6.87. The van der Waals surface area contributed by atoms with E-state index in [1.807, 2.05) is 0 Å². The van der Waals surface area contributed by atoms with E-state index < -0.39 is 11.5 Å². The third kappa shape index (κ3) is 5.82. The summed E-state index contributed by atoms with van der Waals surface area (Å²) in [7, 11) is 0. The fourth-order valence-electron chi connectivity index (χ4n) is 4.65. The topological polar surface area (TPSA) is 118 Å². The first-order chi connectivity index (χ1) is 16.9. The molecule has 1 spiro atoms. The molecule has 2 aromatic rings. The molecule has 188 valence electrons. The van der Waals surface area contributed by atoms with Crippen molar-refractivity contribution >= 4 is 29.3 Å². The molecule has 2 N–H and O–H groups in total. The maximum absolute atomic E-state index is 13.4. The minimum Gasteiger partial charge on any atom is -0.380 e. The minimum absolute atomic E-state index is 0.125. The second-order valence-electron chi connectivity index (χ2n) is 9.16. The Labute approximate surface area is 209 Å². The summed E-state index contributed by atoms with van der Waals surface area (Å²) in [6.07, 6.45) is 6.50. The number of amides is 3. The van der Waals surface area contributed by atoms with Gasteiger partial charge in [-0.05, 0) is 50.8 Å². The number of hydrogen-bond acceptors (Lipinski definition) is 6. The lowest BCUT2D eigenvalue weighted by molar-refractivity contribution is -0.137. The van der Waals surface area contributed by atoms with Gasteiger partial charge in [-0.2, -0.15) is 0 Å². The van der Waals surface area contributed by atoms with Crippen molar-refractivity contribution in [1.82, 2.24) is 30.3 Å². The highest BCUT2D eigenvalue weighted by atomic mass is 35.5. The quantitative estimate of drug-likeness (QED) is 0.648. The predicted octanol–water partition coefficient (Wildman–Crippen LogP) is 1.96. The normalized spacial score (nSPS) is 21.9. The lowest BCUT2D eigenvalue weighted by Crippen LogP contribution is -2.54. The monoisotopic (exact) mass is 502 g/mol. The van der Waals surface area contributed by atoms with Crippen LogP contribution in [0, 0.1) is 5.41 Å². The number of nitrogens with zero attached hydrogens (tertiary/aromatic N) is 4. The lowest BCUT2D eigenvalue weighted by Gasteiger charge is -2.41. The van der Waals surface area contributed by atoms with Crippen LogP contribution in [0.2, 0.25) is 5.02 Å². The Morgan fingerprint density at radius 1 is 1.11 bits per heavy atom. The zero-order chi connectivity index (χ0) is 24.8. The second kappa shape index (κ2) is 11.2. The number of piperidine rings is 1. The van der Waals surface area contributed by atoms with Crippen molar-refractivity contribution in [2.75, 3.05) is 32.8 Å². The third-order valence-corrected chi connectivity index (χ3v) is 7.20. The number of hydrogen-bond donors (Lipinski definition) is 2. The Kier molecular flexibility index (Phi) is 8.02. The molecule has 3 amide bonds. The zero-order valence-electron chi connectivity index (χ0n) is 19.8. The first-order valence-electron chi connectivity index (χ1n) is 12.0. The van der Waals surface area contributed by atoms with E-state index >= 15 is 0 Å². The van der Waals surface area contributed by atoms with Gasteiger partial charge < -0.3 is 20.3 Å². The molecule has 1 aromatic heterocycles. The van der Waals surface area contributed by atoms with Gasteiger partial charge in [0.25, 0.3) is 5.91 Å². The van der Waals surface area contributed by atoms with Crippen LogP contribution in [0.4, 0.5) is 0 Å². The molecule has 0 unspecified atom stereocenters. The fraction of sp³-hybridized carbons (Fsp3) is 0.542. The first-order valence-corrected chi connectivity index (χ1v) is 12.4. The Morgan fingerprint density at radius 3 is 2.60 bits per heavy atom. The highest BCUT2D eigenvalue weighted by molar-refractivity contribution is 6.33. The average molecular weight is 503 g/mol. The molecule has 1 atom stereocenters. The fourth-order valence-corrected chi connectivity index (χ4v) is 4.85. The number of halogens is 1. The molecule has 10 nitrogen and oxygen atoms in total. The number of carbonyl (C=O) groups is 3. The average Bonchev–Trinajstić information content (AvgIpc) is 3.40. The van der Waals surface area contributed by atoms with Crippen molar-refractivity contribution < 1.29 is 19.1 Å². The summed E-state index contributed by atoms with van der Waals surface area (Å²) in [5.74, 6) is -0.530. The molecule has 2 aliphatic rings. The van der Waals surface area contributed by atoms with Crippen molar-refractivity contribution in [2.45, 2.75) is 45.1 Å². The SMILES string of the molecule is C[C@@H]1NC(=O)C2(CCCCOCCNC1=O)CCN(C(=O)c1cc(-n3cnnc3)ccc1Cl)CC2. The number of aromatic nitrogens is 3. The maximum atomic E-state index is 13.4. The molecular weight excluding hydrogens is 472 g/mol. The van der Waals surface area contributed by atoms with Crippen LogP contribution in [0.25, 0.3) is 5.69 Å². The van der Waals surface area contributed by atoms with Gasteiger partial charge in [-0.25, -0.2) is 0 Å². The molecule has 35 heavy (non-hydrogen) atoms. The summed E-state index contributed by atoms with van der Waals surface area (Å²) >= 11 is 6.38. The standard InChI is InChI=1S/C24H31ClN6O4/c1-17-21(32)26-9-13-35-12-3-2-6-24(23(34)29-17)7-10-30(11-8-24)22(33)19-14-18(4-5-20(19)25)31-15-27-28-16-31/h4-5,14-17H,2-3,6-13H2,1H3,(H,26,32)(H,29,34)/t17-/m0/s1. The minimum atomic E-state index is -0.640. The molecule has 0 aliphatic carbocycles. The van der Waals surface area contributed by atoms with Gasteiger partial charge in [-0.15, -0.1) is 10.2 Å². The predicted molar refractivity (Wildman–Crippen MR) is 129 cm³/mol. The Hall–Kier alpha value is -2.98. The van der Waals surface area contributed by atoms with Gasteiger partial charge in [0.05, 0.1) is 22.6 Å². The van der Waals surface area contributed by atoms with Gasteiger partial charge in [0.1, 0.15) is 18.7 Å². The number of benzene rings is 1. The van der Waals surface area contributed by atoms with E-state index in [1.165, 1.54) is 0 Å². The maximum Gasteiger partial charge on any atom is 0.255 e. The van der Waals surface area contributed by atoms with Gasteiger partial charge in [-0.3, -0.25) is 19.0 Å². The summed E-state index contributed by atoms with van der Waals surface area (Å²) in [5.41, 5.74) is 0.504. The first kappa shape index (κ1) is 25.1. The zero-order valence-corrected chi connectivity index (χ0v) is 20.6. The Balaban J connectivity index is 1.47. The Bertz CT molecular complexity index is 1050. The van der Waals surface area contributed by atoms with Crippen LogP contribution in [-0.4, -0.2) is 76.3 Å². The van der Waals surface area contributed by atoms with Crippen LogP contribution < -0.4 is 10.6 Å². The van der Waals surface area contributed by atoms with Gasteiger partial charge in [0.15, 0.2) is 0 Å². The molecule has 1 aromatic carbocycles. The summed E-state index contributed by atoms with van der Waals surface area (Å²) in [4.78, 5) is 40.8. The van der Waals surface area contributed by atoms with Crippen LogP contribution in [0.3, 0.4) is 0 Å². The highest BCUT2D eigenvalue weighted by Gasteiger charge is 2.42. The van der Waals surface area contributed by atoms with E-state index in [4.69, 9.17) is 16.3 Å². The van der Waals surface area contributed by atoms with E-state index in [-0.39, 0.29) is 17.7 Å². The van der Waals surface area contributed by atoms with Crippen LogP contribution in [0.5, 0.6) is 0 Å². The number of likely N-dealkylation sites (tertiary alicyclic amines) is 1. The van der Waals surface area contributed by atoms with Crippen LogP contribution >= 0.6 is 11.6 Å². The van der Waals surface area contributed by atoms with Crippen molar-refractivity contribution in [1.29, 1.82) is 0 Å². The highest BCUT2D eigenvalue weighted by Crippen LogP contribution is 2.38. The lowest BCUT2D eigenvalue weighted by atomic mass is 9.73. The summed E-state index contributed by atoms with van der Waals surface area (Å²) < 4.78 is 7.29. The van der Waals surface area contributed by atoms with Gasteiger partial charge in [-0.1, -0.05) is 18.0 Å². The molecule has 11 heteroatoms. The smallest absolute Gasteiger partial charge is 0.255 e. The van der Waals surface area contributed by atoms with Crippen molar-refractivity contribution in [3.05, 3.63) is 41.4 Å². The van der Waals surface area contributed by atoms with Crippen LogP contribution in [0.15, 0.2) is 30.9 Å². The molecule has 2 fully saturated rings. The summed E-state index contributed by atoms with van der Waals surface area (Å²) in [5, 5.41) is 13.7. The molecule has 4 rings (SSSR count).